The molecule has 0 bridgehead atoms. The summed E-state index contributed by atoms with van der Waals surface area (Å²) in [5.74, 6) is 0.350. The Balaban J connectivity index is 2.30. The van der Waals surface area contributed by atoms with E-state index in [9.17, 15) is 4.79 Å². The number of ketones is 1. The third-order valence-corrected chi connectivity index (χ3v) is 3.23. The minimum Gasteiger partial charge on any atom is -0.472 e. The maximum Gasteiger partial charge on any atom is 0.225 e. The normalized spacial score (nSPS) is 10.3. The van der Waals surface area contributed by atoms with Gasteiger partial charge >= 0.3 is 0 Å². The first kappa shape index (κ1) is 15.0. The second-order valence-corrected chi connectivity index (χ2v) is 5.17. The number of nitrogens with zero attached hydrogens (tertiary/aromatic N) is 2. The van der Waals surface area contributed by atoms with Gasteiger partial charge in [0, 0.05) is 14.1 Å². The number of hydrogen-bond acceptors (Lipinski definition) is 4. The second-order valence-electron chi connectivity index (χ2n) is 5.17. The molecule has 0 radical (unpaired) electrons. The monoisotopic (exact) mass is 284 g/mol. The van der Waals surface area contributed by atoms with Crippen LogP contribution in [0.1, 0.15) is 28.5 Å². The van der Waals surface area contributed by atoms with Gasteiger partial charge in [0.05, 0.1) is 16.9 Å². The molecule has 21 heavy (non-hydrogen) atoms. The predicted octanol–water partition coefficient (Wildman–Crippen LogP) is 3.24. The van der Waals surface area contributed by atoms with Gasteiger partial charge in [0.1, 0.15) is 6.61 Å². The Kier molecular flexibility index (Phi) is 4.58. The maximum absolute atomic E-state index is 11.8. The summed E-state index contributed by atoms with van der Waals surface area (Å²) >= 11 is 0. The highest BCUT2D eigenvalue weighted by atomic mass is 16.5. The molecular formula is C17H20N2O2. The molecule has 0 unspecified atom stereocenters. The first-order valence-electron chi connectivity index (χ1n) is 6.85. The van der Waals surface area contributed by atoms with Crippen LogP contribution in [0.25, 0.3) is 0 Å². The first-order valence-corrected chi connectivity index (χ1v) is 6.85. The van der Waals surface area contributed by atoms with Crippen LogP contribution in [0.15, 0.2) is 36.4 Å². The molecule has 0 N–H and O–H groups in total. The molecular weight excluding hydrogens is 264 g/mol. The molecule has 0 aliphatic rings. The lowest BCUT2D eigenvalue weighted by Gasteiger charge is -2.18. The molecule has 2 rings (SSSR count). The number of ether oxygens (including phenoxy) is 1. The summed E-state index contributed by atoms with van der Waals surface area (Å²) < 4.78 is 5.75. The van der Waals surface area contributed by atoms with Crippen LogP contribution in [0.3, 0.4) is 0 Å². The molecule has 0 fully saturated rings. The van der Waals surface area contributed by atoms with Crippen LogP contribution in [-0.2, 0) is 6.61 Å². The summed E-state index contributed by atoms with van der Waals surface area (Å²) in [6.07, 6.45) is 0. The molecule has 110 valence electrons. The van der Waals surface area contributed by atoms with E-state index in [1.54, 1.807) is 0 Å². The Labute approximate surface area is 125 Å². The standard InChI is InChI=1S/C17H20N2O2/c1-12-16(19(3)4)10-15(13(2)20)17(18-12)21-11-14-8-6-5-7-9-14/h5-10H,11H2,1-4H3. The van der Waals surface area contributed by atoms with Gasteiger partial charge in [-0.05, 0) is 25.5 Å². The molecule has 0 saturated heterocycles. The van der Waals surface area contributed by atoms with E-state index in [0.717, 1.165) is 16.9 Å². The van der Waals surface area contributed by atoms with Crippen molar-refractivity contribution in [3.05, 3.63) is 53.2 Å². The average Bonchev–Trinajstić information content (AvgIpc) is 2.45. The summed E-state index contributed by atoms with van der Waals surface area (Å²) in [7, 11) is 3.86. The van der Waals surface area contributed by atoms with Crippen molar-refractivity contribution in [1.82, 2.24) is 4.98 Å². The zero-order valence-corrected chi connectivity index (χ0v) is 12.9. The number of benzene rings is 1. The van der Waals surface area contributed by atoms with Crippen LogP contribution in [0, 0.1) is 6.92 Å². The van der Waals surface area contributed by atoms with Gasteiger partial charge in [0.25, 0.3) is 0 Å². The number of aryl methyl sites for hydroxylation is 1. The fourth-order valence-electron chi connectivity index (χ4n) is 2.11. The lowest BCUT2D eigenvalue weighted by molar-refractivity contribution is 0.101. The van der Waals surface area contributed by atoms with E-state index in [4.69, 9.17) is 4.74 Å². The van der Waals surface area contributed by atoms with Gasteiger partial charge in [-0.15, -0.1) is 0 Å². The number of hydrogen-bond donors (Lipinski definition) is 0. The van der Waals surface area contributed by atoms with E-state index in [2.05, 4.69) is 4.98 Å². The molecule has 2 aromatic rings. The minimum atomic E-state index is -0.0475. The number of Topliss-reactive ketones (excluding diaryl/α,β-unsaturated/α-hetero) is 1. The molecule has 1 aromatic heterocycles. The van der Waals surface area contributed by atoms with E-state index in [0.29, 0.717) is 18.1 Å². The van der Waals surface area contributed by atoms with Crippen molar-refractivity contribution in [1.29, 1.82) is 0 Å². The topological polar surface area (TPSA) is 42.4 Å². The number of rotatable bonds is 5. The number of carbonyl (C=O) groups excluding carboxylic acids is 1. The number of anilines is 1. The molecule has 1 aromatic carbocycles. The molecule has 4 nitrogen and oxygen atoms in total. The third kappa shape index (κ3) is 3.60. The van der Waals surface area contributed by atoms with E-state index in [1.165, 1.54) is 6.92 Å². The zero-order chi connectivity index (χ0) is 15.4. The number of pyridine rings is 1. The molecule has 0 amide bonds. The SMILES string of the molecule is CC(=O)c1cc(N(C)C)c(C)nc1OCc1ccccc1. The van der Waals surface area contributed by atoms with Gasteiger partial charge < -0.3 is 9.64 Å². The summed E-state index contributed by atoms with van der Waals surface area (Å²) in [5, 5.41) is 0. The van der Waals surface area contributed by atoms with Crippen molar-refractivity contribution in [2.75, 3.05) is 19.0 Å². The molecule has 0 aliphatic heterocycles. The maximum atomic E-state index is 11.8. The van der Waals surface area contributed by atoms with Gasteiger partial charge in [-0.25, -0.2) is 4.98 Å². The van der Waals surface area contributed by atoms with E-state index in [1.807, 2.05) is 62.3 Å². The van der Waals surface area contributed by atoms with E-state index in [-0.39, 0.29) is 5.78 Å². The largest absolute Gasteiger partial charge is 0.472 e. The van der Waals surface area contributed by atoms with Gasteiger partial charge in [-0.3, -0.25) is 4.79 Å². The average molecular weight is 284 g/mol. The Bertz CT molecular complexity index is 637. The second kappa shape index (κ2) is 6.39. The Morgan fingerprint density at radius 1 is 1.24 bits per heavy atom. The molecule has 0 spiro atoms. The predicted molar refractivity (Wildman–Crippen MR) is 84.1 cm³/mol. The van der Waals surface area contributed by atoms with E-state index >= 15 is 0 Å². The van der Waals surface area contributed by atoms with Crippen LogP contribution in [0.2, 0.25) is 0 Å². The third-order valence-electron chi connectivity index (χ3n) is 3.23. The van der Waals surface area contributed by atoms with Crippen LogP contribution in [0.4, 0.5) is 5.69 Å². The van der Waals surface area contributed by atoms with Crippen molar-refractivity contribution >= 4 is 11.5 Å². The number of aromatic nitrogens is 1. The van der Waals surface area contributed by atoms with Crippen molar-refractivity contribution in [3.63, 3.8) is 0 Å². The zero-order valence-electron chi connectivity index (χ0n) is 12.9. The van der Waals surface area contributed by atoms with Crippen LogP contribution in [0.5, 0.6) is 5.88 Å². The Hall–Kier alpha value is -2.36. The summed E-state index contributed by atoms with van der Waals surface area (Å²) in [4.78, 5) is 18.2. The van der Waals surface area contributed by atoms with Crippen molar-refractivity contribution in [2.45, 2.75) is 20.5 Å². The molecule has 0 atom stereocenters. The fourth-order valence-corrected chi connectivity index (χ4v) is 2.11. The molecule has 0 saturated carbocycles. The number of carbonyl (C=O) groups is 1. The van der Waals surface area contributed by atoms with Crippen molar-refractivity contribution in [2.24, 2.45) is 0 Å². The van der Waals surface area contributed by atoms with Crippen molar-refractivity contribution < 1.29 is 9.53 Å². The Morgan fingerprint density at radius 2 is 1.90 bits per heavy atom. The summed E-state index contributed by atoms with van der Waals surface area (Å²) in [5.41, 5.74) is 3.32. The van der Waals surface area contributed by atoms with Gasteiger partial charge in [-0.2, -0.15) is 0 Å². The molecule has 0 aliphatic carbocycles. The Morgan fingerprint density at radius 3 is 2.48 bits per heavy atom. The highest BCUT2D eigenvalue weighted by Crippen LogP contribution is 2.26. The first-order chi connectivity index (χ1) is 9.99. The molecule has 1 heterocycles. The summed E-state index contributed by atoms with van der Waals surface area (Å²) in [6, 6.07) is 11.7. The fraction of sp³-hybridized carbons (Fsp3) is 0.294. The highest BCUT2D eigenvalue weighted by Gasteiger charge is 2.15. The van der Waals surface area contributed by atoms with Gasteiger partial charge in [-0.1, -0.05) is 30.3 Å². The van der Waals surface area contributed by atoms with E-state index < -0.39 is 0 Å². The van der Waals surface area contributed by atoms with Crippen LogP contribution < -0.4 is 9.64 Å². The minimum absolute atomic E-state index is 0.0475. The lowest BCUT2D eigenvalue weighted by Crippen LogP contribution is -2.14. The van der Waals surface area contributed by atoms with Crippen LogP contribution in [-0.4, -0.2) is 24.9 Å². The van der Waals surface area contributed by atoms with Gasteiger partial charge in [0.2, 0.25) is 5.88 Å². The summed E-state index contributed by atoms with van der Waals surface area (Å²) in [6.45, 7) is 3.84. The smallest absolute Gasteiger partial charge is 0.225 e. The van der Waals surface area contributed by atoms with Gasteiger partial charge in [0.15, 0.2) is 5.78 Å². The molecule has 4 heteroatoms. The lowest BCUT2D eigenvalue weighted by atomic mass is 10.1. The van der Waals surface area contributed by atoms with Crippen LogP contribution >= 0.6 is 0 Å². The van der Waals surface area contributed by atoms with Crippen molar-refractivity contribution in [3.8, 4) is 5.88 Å². The highest BCUT2D eigenvalue weighted by molar-refractivity contribution is 5.97. The quantitative estimate of drug-likeness (QED) is 0.791.